The predicted octanol–water partition coefficient (Wildman–Crippen LogP) is 3.09. The third-order valence-corrected chi connectivity index (χ3v) is 3.54. The van der Waals surface area contributed by atoms with Crippen LogP contribution in [0.3, 0.4) is 0 Å². The first-order valence-corrected chi connectivity index (χ1v) is 7.51. The Balaban J connectivity index is 2.27. The Bertz CT molecular complexity index is 895. The molecule has 0 aliphatic rings. The molecule has 2 rings (SSSR count). The number of ether oxygens (including phenoxy) is 2. The minimum absolute atomic E-state index is 0.00712. The molecule has 0 fully saturated rings. The summed E-state index contributed by atoms with van der Waals surface area (Å²) in [5, 5.41) is 13.5. The highest BCUT2D eigenvalue weighted by Crippen LogP contribution is 2.30. The highest BCUT2D eigenvalue weighted by molar-refractivity contribution is 7.80. The first kappa shape index (κ1) is 20.2. The molecule has 0 aromatic heterocycles. The molecule has 0 aliphatic carbocycles. The van der Waals surface area contributed by atoms with Gasteiger partial charge < -0.3 is 19.9 Å². The van der Waals surface area contributed by atoms with Crippen molar-refractivity contribution in [3.8, 4) is 17.2 Å². The number of thiocarbonyl (C=S) groups is 1. The molecular formula is C16H12F4N2O4S. The van der Waals surface area contributed by atoms with Gasteiger partial charge in [-0.25, -0.2) is 8.78 Å². The summed E-state index contributed by atoms with van der Waals surface area (Å²) < 4.78 is 64.5. The summed E-state index contributed by atoms with van der Waals surface area (Å²) in [5.41, 5.74) is -1.52. The summed E-state index contributed by atoms with van der Waals surface area (Å²) in [5.74, 6) is -10.4. The third-order valence-electron chi connectivity index (χ3n) is 3.33. The van der Waals surface area contributed by atoms with Crippen molar-refractivity contribution in [3.63, 3.8) is 0 Å². The standard InChI is InChI=1S/C16H12F4N2O4S/c1-25-6-3-4-8(23)7(5-6)21-16(27)22-15(24)9-10(17)12(19)14(26-2)13(20)11(9)18/h3-5,23H,1-2H3,(H2,21,22,24,27). The topological polar surface area (TPSA) is 79.8 Å². The maximum Gasteiger partial charge on any atom is 0.263 e. The van der Waals surface area contributed by atoms with Crippen molar-refractivity contribution in [3.05, 3.63) is 47.0 Å². The number of rotatable bonds is 4. The zero-order valence-electron chi connectivity index (χ0n) is 13.8. The van der Waals surface area contributed by atoms with E-state index in [9.17, 15) is 27.5 Å². The smallest absolute Gasteiger partial charge is 0.263 e. The van der Waals surface area contributed by atoms with Crippen LogP contribution in [0.4, 0.5) is 23.2 Å². The second-order valence-electron chi connectivity index (χ2n) is 4.96. The van der Waals surface area contributed by atoms with Gasteiger partial charge >= 0.3 is 0 Å². The van der Waals surface area contributed by atoms with Crippen molar-refractivity contribution in [2.75, 3.05) is 19.5 Å². The van der Waals surface area contributed by atoms with Crippen molar-refractivity contribution in [2.24, 2.45) is 0 Å². The first-order valence-electron chi connectivity index (χ1n) is 7.10. The Morgan fingerprint density at radius 2 is 1.63 bits per heavy atom. The number of anilines is 1. The normalized spacial score (nSPS) is 10.3. The number of benzene rings is 2. The lowest BCUT2D eigenvalue weighted by Gasteiger charge is -2.14. The second kappa shape index (κ2) is 8.08. The van der Waals surface area contributed by atoms with Crippen LogP contribution in [-0.2, 0) is 0 Å². The summed E-state index contributed by atoms with van der Waals surface area (Å²) in [7, 11) is 2.17. The van der Waals surface area contributed by atoms with Crippen LogP contribution < -0.4 is 20.1 Å². The fourth-order valence-corrected chi connectivity index (χ4v) is 2.25. The van der Waals surface area contributed by atoms with Crippen LogP contribution in [0.15, 0.2) is 18.2 Å². The first-order chi connectivity index (χ1) is 12.7. The van der Waals surface area contributed by atoms with E-state index in [0.29, 0.717) is 5.75 Å². The molecule has 0 aliphatic heterocycles. The van der Waals surface area contributed by atoms with E-state index in [-0.39, 0.29) is 11.4 Å². The van der Waals surface area contributed by atoms with Crippen molar-refractivity contribution < 1.29 is 36.9 Å². The third kappa shape index (κ3) is 4.03. The second-order valence-corrected chi connectivity index (χ2v) is 5.36. The SMILES string of the molecule is COc1ccc(O)c(NC(=S)NC(=O)c2c(F)c(F)c(OC)c(F)c2F)c1. The molecule has 144 valence electrons. The zero-order chi connectivity index (χ0) is 20.3. The lowest BCUT2D eigenvalue weighted by Crippen LogP contribution is -2.35. The van der Waals surface area contributed by atoms with Crippen molar-refractivity contribution in [2.45, 2.75) is 0 Å². The maximum absolute atomic E-state index is 13.9. The molecular weight excluding hydrogens is 392 g/mol. The number of carbonyl (C=O) groups excluding carboxylic acids is 1. The molecule has 2 aromatic carbocycles. The quantitative estimate of drug-likeness (QED) is 0.315. The van der Waals surface area contributed by atoms with Gasteiger partial charge in [-0.1, -0.05) is 0 Å². The minimum Gasteiger partial charge on any atom is -0.506 e. The van der Waals surface area contributed by atoms with Gasteiger partial charge in [-0.2, -0.15) is 8.78 Å². The molecule has 0 bridgehead atoms. The summed E-state index contributed by atoms with van der Waals surface area (Å²) in [6, 6.07) is 4.02. The van der Waals surface area contributed by atoms with Gasteiger partial charge in [-0.15, -0.1) is 0 Å². The van der Waals surface area contributed by atoms with Gasteiger partial charge in [0.25, 0.3) is 5.91 Å². The molecule has 0 saturated carbocycles. The van der Waals surface area contributed by atoms with E-state index in [4.69, 9.17) is 17.0 Å². The molecule has 3 N–H and O–H groups in total. The molecule has 6 nitrogen and oxygen atoms in total. The van der Waals surface area contributed by atoms with Gasteiger partial charge in [-0.05, 0) is 24.4 Å². The van der Waals surface area contributed by atoms with E-state index in [1.807, 2.05) is 5.32 Å². The fourth-order valence-electron chi connectivity index (χ4n) is 2.05. The number of phenolic OH excluding ortho intramolecular Hbond substituents is 1. The van der Waals surface area contributed by atoms with Gasteiger partial charge in [0, 0.05) is 6.07 Å². The van der Waals surface area contributed by atoms with Gasteiger partial charge in [0.05, 0.1) is 19.9 Å². The molecule has 0 atom stereocenters. The van der Waals surface area contributed by atoms with Gasteiger partial charge in [0.15, 0.2) is 22.5 Å². The molecule has 0 spiro atoms. The van der Waals surface area contributed by atoms with Gasteiger partial charge in [0.1, 0.15) is 17.1 Å². The van der Waals surface area contributed by atoms with Crippen LogP contribution >= 0.6 is 12.2 Å². The predicted molar refractivity (Wildman–Crippen MR) is 91.2 cm³/mol. The van der Waals surface area contributed by atoms with Crippen LogP contribution in [0.5, 0.6) is 17.2 Å². The molecule has 0 unspecified atom stereocenters. The highest BCUT2D eigenvalue weighted by Gasteiger charge is 2.30. The van der Waals surface area contributed by atoms with Crippen molar-refractivity contribution >= 4 is 28.9 Å². The van der Waals surface area contributed by atoms with E-state index < -0.39 is 45.6 Å². The molecule has 2 aromatic rings. The molecule has 27 heavy (non-hydrogen) atoms. The average Bonchev–Trinajstić information content (AvgIpc) is 2.62. The van der Waals surface area contributed by atoms with Crippen LogP contribution in [0.2, 0.25) is 0 Å². The number of carbonyl (C=O) groups is 1. The number of hydrogen-bond donors (Lipinski definition) is 3. The van der Waals surface area contributed by atoms with Gasteiger partial charge in [-0.3, -0.25) is 10.1 Å². The molecule has 0 radical (unpaired) electrons. The Kier molecular flexibility index (Phi) is 6.05. The molecule has 11 heteroatoms. The molecule has 1 amide bonds. The van der Waals surface area contributed by atoms with Crippen LogP contribution in [-0.4, -0.2) is 30.3 Å². The maximum atomic E-state index is 13.9. The molecule has 0 heterocycles. The van der Waals surface area contributed by atoms with Crippen LogP contribution in [0, 0.1) is 23.3 Å². The van der Waals surface area contributed by atoms with E-state index in [0.717, 1.165) is 7.11 Å². The number of methoxy groups -OCH3 is 2. The number of aromatic hydroxyl groups is 1. The number of nitrogens with one attached hydrogen (secondary N) is 2. The Morgan fingerprint density at radius 1 is 1.04 bits per heavy atom. The molecule has 0 saturated heterocycles. The average molecular weight is 404 g/mol. The summed E-state index contributed by atoms with van der Waals surface area (Å²) in [6.07, 6.45) is 0. The van der Waals surface area contributed by atoms with Crippen LogP contribution in [0.25, 0.3) is 0 Å². The minimum atomic E-state index is -1.95. The Labute approximate surface area is 155 Å². The number of hydrogen-bond acceptors (Lipinski definition) is 5. The highest BCUT2D eigenvalue weighted by atomic mass is 32.1. The lowest BCUT2D eigenvalue weighted by atomic mass is 10.1. The van der Waals surface area contributed by atoms with E-state index in [1.54, 1.807) is 0 Å². The zero-order valence-corrected chi connectivity index (χ0v) is 14.6. The van der Waals surface area contributed by atoms with E-state index in [2.05, 4.69) is 10.1 Å². The fraction of sp³-hybridized carbons (Fsp3) is 0.125. The van der Waals surface area contributed by atoms with Crippen molar-refractivity contribution in [1.82, 2.24) is 5.32 Å². The van der Waals surface area contributed by atoms with E-state index in [1.165, 1.54) is 25.3 Å². The monoisotopic (exact) mass is 404 g/mol. The largest absolute Gasteiger partial charge is 0.506 e. The number of amides is 1. The Morgan fingerprint density at radius 3 is 2.15 bits per heavy atom. The number of halogens is 4. The Hall–Kier alpha value is -3.08. The van der Waals surface area contributed by atoms with Crippen molar-refractivity contribution in [1.29, 1.82) is 0 Å². The number of phenols is 1. The summed E-state index contributed by atoms with van der Waals surface area (Å²) >= 11 is 4.80. The summed E-state index contributed by atoms with van der Waals surface area (Å²) in [6.45, 7) is 0. The van der Waals surface area contributed by atoms with Gasteiger partial charge in [0.2, 0.25) is 11.6 Å². The van der Waals surface area contributed by atoms with E-state index >= 15 is 0 Å². The van der Waals surface area contributed by atoms with Crippen LogP contribution in [0.1, 0.15) is 10.4 Å². The lowest BCUT2D eigenvalue weighted by molar-refractivity contribution is 0.0966. The summed E-state index contributed by atoms with van der Waals surface area (Å²) in [4.78, 5) is 12.0.